The van der Waals surface area contributed by atoms with Crippen LogP contribution in [-0.4, -0.2) is 12.4 Å². The molecule has 0 unspecified atom stereocenters. The fraction of sp³-hybridized carbons (Fsp3) is 0.133. The summed E-state index contributed by atoms with van der Waals surface area (Å²) in [6.07, 6.45) is 0.356. The van der Waals surface area contributed by atoms with Crippen molar-refractivity contribution >= 4 is 29.0 Å². The van der Waals surface area contributed by atoms with Crippen LogP contribution in [0.15, 0.2) is 48.5 Å². The maximum Gasteiger partial charge on any atom is 0.174 e. The third kappa shape index (κ3) is 4.58. The lowest BCUT2D eigenvalue weighted by atomic mass is 10.1. The summed E-state index contributed by atoms with van der Waals surface area (Å²) in [5.74, 6) is 0.501. The van der Waals surface area contributed by atoms with E-state index in [1.807, 2.05) is 30.3 Å². The second-order valence-electron chi connectivity index (χ2n) is 4.09. The van der Waals surface area contributed by atoms with Gasteiger partial charge in [0.25, 0.3) is 0 Å². The fourth-order valence-electron chi connectivity index (χ4n) is 1.65. The molecule has 2 aromatic carbocycles. The first-order valence-corrected chi connectivity index (χ1v) is 6.53. The van der Waals surface area contributed by atoms with E-state index in [1.54, 1.807) is 18.2 Å². The van der Waals surface area contributed by atoms with Crippen molar-refractivity contribution in [3.63, 3.8) is 0 Å². The van der Waals surface area contributed by atoms with Crippen LogP contribution in [0.2, 0.25) is 10.0 Å². The first kappa shape index (κ1) is 13.9. The second kappa shape index (κ2) is 6.60. The van der Waals surface area contributed by atoms with E-state index in [4.69, 9.17) is 27.9 Å². The Labute approximate surface area is 121 Å². The Morgan fingerprint density at radius 2 is 1.63 bits per heavy atom. The smallest absolute Gasteiger partial charge is 0.174 e. The van der Waals surface area contributed by atoms with Crippen LogP contribution < -0.4 is 4.74 Å². The highest BCUT2D eigenvalue weighted by Gasteiger charge is 2.06. The van der Waals surface area contributed by atoms with Gasteiger partial charge in [0.15, 0.2) is 5.78 Å². The highest BCUT2D eigenvalue weighted by atomic mass is 35.5. The summed E-state index contributed by atoms with van der Waals surface area (Å²) in [5.41, 5.74) is 0.972. The molecule has 0 aromatic heterocycles. The lowest BCUT2D eigenvalue weighted by molar-refractivity contribution is -0.120. The Morgan fingerprint density at radius 1 is 1.00 bits per heavy atom. The molecule has 4 heteroatoms. The van der Waals surface area contributed by atoms with E-state index in [-0.39, 0.29) is 12.4 Å². The Hall–Kier alpha value is -1.51. The van der Waals surface area contributed by atoms with E-state index in [1.165, 1.54) is 0 Å². The Bertz CT molecular complexity index is 547. The zero-order chi connectivity index (χ0) is 13.7. The Kier molecular flexibility index (Phi) is 4.83. The van der Waals surface area contributed by atoms with Gasteiger partial charge in [0.2, 0.25) is 0 Å². The van der Waals surface area contributed by atoms with Gasteiger partial charge in [-0.3, -0.25) is 4.79 Å². The van der Waals surface area contributed by atoms with E-state index in [0.29, 0.717) is 22.2 Å². The molecule has 0 aliphatic carbocycles. The molecular formula is C15H12Cl2O2. The summed E-state index contributed by atoms with van der Waals surface area (Å²) in [5, 5.41) is 0.969. The van der Waals surface area contributed by atoms with Crippen molar-refractivity contribution in [1.82, 2.24) is 0 Å². The van der Waals surface area contributed by atoms with Crippen LogP contribution in [0.25, 0.3) is 0 Å². The molecule has 0 bridgehead atoms. The maximum atomic E-state index is 11.8. The van der Waals surface area contributed by atoms with Crippen molar-refractivity contribution < 1.29 is 9.53 Å². The number of carbonyl (C=O) groups excluding carboxylic acids is 1. The molecule has 0 saturated carbocycles. The van der Waals surface area contributed by atoms with Crippen LogP contribution in [-0.2, 0) is 11.2 Å². The molecule has 0 saturated heterocycles. The van der Waals surface area contributed by atoms with Gasteiger partial charge < -0.3 is 4.74 Å². The molecule has 98 valence electrons. The molecule has 0 radical (unpaired) electrons. The van der Waals surface area contributed by atoms with Crippen LogP contribution in [0.5, 0.6) is 5.75 Å². The normalized spacial score (nSPS) is 10.2. The molecule has 0 spiro atoms. The predicted octanol–water partition coefficient (Wildman–Crippen LogP) is 4.18. The van der Waals surface area contributed by atoms with Crippen molar-refractivity contribution in [2.24, 2.45) is 0 Å². The average Bonchev–Trinajstić information content (AvgIpc) is 2.36. The zero-order valence-electron chi connectivity index (χ0n) is 10.1. The van der Waals surface area contributed by atoms with Crippen LogP contribution in [0.4, 0.5) is 0 Å². The number of hydrogen-bond acceptors (Lipinski definition) is 2. The van der Waals surface area contributed by atoms with Crippen LogP contribution >= 0.6 is 23.2 Å². The molecule has 0 N–H and O–H groups in total. The lowest BCUT2D eigenvalue weighted by Gasteiger charge is -2.06. The Balaban J connectivity index is 1.90. The molecule has 0 aliphatic heterocycles. The van der Waals surface area contributed by atoms with Crippen LogP contribution in [0.3, 0.4) is 0 Å². The van der Waals surface area contributed by atoms with E-state index in [0.717, 1.165) is 5.56 Å². The molecule has 0 aliphatic rings. The van der Waals surface area contributed by atoms with Crippen molar-refractivity contribution in [2.45, 2.75) is 6.42 Å². The number of hydrogen-bond donors (Lipinski definition) is 0. The first-order chi connectivity index (χ1) is 9.13. The van der Waals surface area contributed by atoms with Crippen LogP contribution in [0, 0.1) is 0 Å². The molecule has 2 aromatic rings. The van der Waals surface area contributed by atoms with E-state index >= 15 is 0 Å². The zero-order valence-corrected chi connectivity index (χ0v) is 11.6. The largest absolute Gasteiger partial charge is 0.486 e. The summed E-state index contributed by atoms with van der Waals surface area (Å²) in [6, 6.07) is 14.4. The quantitative estimate of drug-likeness (QED) is 0.827. The van der Waals surface area contributed by atoms with Gasteiger partial charge in [-0.1, -0.05) is 53.5 Å². The van der Waals surface area contributed by atoms with Crippen molar-refractivity contribution in [2.75, 3.05) is 6.61 Å². The number of rotatable bonds is 5. The molecule has 0 heterocycles. The lowest BCUT2D eigenvalue weighted by Crippen LogP contribution is -2.13. The second-order valence-corrected chi connectivity index (χ2v) is 4.97. The average molecular weight is 295 g/mol. The van der Waals surface area contributed by atoms with Gasteiger partial charge >= 0.3 is 0 Å². The molecule has 0 atom stereocenters. The standard InChI is InChI=1S/C15H12Cl2O2/c16-12-7-13(17)9-15(8-12)19-10-14(18)6-11-4-2-1-3-5-11/h1-5,7-9H,6,10H2. The van der Waals surface area contributed by atoms with Crippen LogP contribution in [0.1, 0.15) is 5.56 Å². The van der Waals surface area contributed by atoms with Gasteiger partial charge in [0.05, 0.1) is 0 Å². The predicted molar refractivity (Wildman–Crippen MR) is 77.1 cm³/mol. The maximum absolute atomic E-state index is 11.8. The fourth-order valence-corrected chi connectivity index (χ4v) is 2.16. The van der Waals surface area contributed by atoms with Gasteiger partial charge in [0, 0.05) is 16.5 Å². The number of halogens is 2. The van der Waals surface area contributed by atoms with E-state index < -0.39 is 0 Å². The van der Waals surface area contributed by atoms with E-state index in [9.17, 15) is 4.79 Å². The van der Waals surface area contributed by atoms with Gasteiger partial charge in [-0.05, 0) is 23.8 Å². The number of ketones is 1. The molecule has 0 amide bonds. The molecule has 0 fully saturated rings. The summed E-state index contributed by atoms with van der Waals surface area (Å²) < 4.78 is 5.38. The van der Waals surface area contributed by atoms with Gasteiger partial charge in [-0.15, -0.1) is 0 Å². The summed E-state index contributed by atoms with van der Waals surface area (Å²) in [4.78, 5) is 11.8. The third-order valence-corrected chi connectivity index (χ3v) is 2.92. The monoisotopic (exact) mass is 294 g/mol. The highest BCUT2D eigenvalue weighted by molar-refractivity contribution is 6.34. The minimum absolute atomic E-state index is 0.00213. The van der Waals surface area contributed by atoms with Crippen molar-refractivity contribution in [1.29, 1.82) is 0 Å². The minimum atomic E-state index is 0.00213. The Morgan fingerprint density at radius 3 is 2.26 bits per heavy atom. The molecule has 2 rings (SSSR count). The van der Waals surface area contributed by atoms with Crippen molar-refractivity contribution in [3.05, 3.63) is 64.1 Å². The summed E-state index contributed by atoms with van der Waals surface area (Å²) in [6.45, 7) is 0.00552. The van der Waals surface area contributed by atoms with E-state index in [2.05, 4.69) is 0 Å². The number of benzene rings is 2. The number of ether oxygens (including phenoxy) is 1. The summed E-state index contributed by atoms with van der Waals surface area (Å²) >= 11 is 11.7. The first-order valence-electron chi connectivity index (χ1n) is 5.78. The highest BCUT2D eigenvalue weighted by Crippen LogP contribution is 2.24. The third-order valence-electron chi connectivity index (χ3n) is 2.48. The number of Topliss-reactive ketones (excluding diaryl/α,β-unsaturated/α-hetero) is 1. The van der Waals surface area contributed by atoms with Crippen molar-refractivity contribution in [3.8, 4) is 5.75 Å². The molecular weight excluding hydrogens is 283 g/mol. The molecule has 2 nitrogen and oxygen atoms in total. The molecule has 19 heavy (non-hydrogen) atoms. The topological polar surface area (TPSA) is 26.3 Å². The minimum Gasteiger partial charge on any atom is -0.486 e. The van der Waals surface area contributed by atoms with Gasteiger partial charge in [-0.2, -0.15) is 0 Å². The van der Waals surface area contributed by atoms with Gasteiger partial charge in [-0.25, -0.2) is 0 Å². The van der Waals surface area contributed by atoms with Gasteiger partial charge in [0.1, 0.15) is 12.4 Å². The SMILES string of the molecule is O=C(COc1cc(Cl)cc(Cl)c1)Cc1ccccc1. The number of carbonyl (C=O) groups is 1. The summed E-state index contributed by atoms with van der Waals surface area (Å²) in [7, 11) is 0.